The Morgan fingerprint density at radius 2 is 1.88 bits per heavy atom. The minimum Gasteiger partial charge on any atom is -0.376 e. The minimum absolute atomic E-state index is 0.0137. The average Bonchev–Trinajstić information content (AvgIpc) is 3.15. The van der Waals surface area contributed by atoms with Gasteiger partial charge in [0.2, 0.25) is 11.8 Å². The molecule has 0 spiro atoms. The minimum atomic E-state index is -0.768. The van der Waals surface area contributed by atoms with Crippen LogP contribution in [0.5, 0.6) is 0 Å². The van der Waals surface area contributed by atoms with Gasteiger partial charge in [0.15, 0.2) is 0 Å². The Hall–Kier alpha value is -2.39. The summed E-state index contributed by atoms with van der Waals surface area (Å²) in [6, 6.07) is 2.84. The maximum Gasteiger partial charge on any atom is 0.255 e. The summed E-state index contributed by atoms with van der Waals surface area (Å²) in [5, 5.41) is 5.90. The van der Waals surface area contributed by atoms with Gasteiger partial charge in [0.25, 0.3) is 5.91 Å². The van der Waals surface area contributed by atoms with Crippen molar-refractivity contribution in [2.75, 3.05) is 6.61 Å². The van der Waals surface area contributed by atoms with Crippen molar-refractivity contribution in [1.82, 2.24) is 15.5 Å². The monoisotopic (exact) mass is 475 g/mol. The molecule has 5 rings (SSSR count). The Bertz CT molecular complexity index is 979. The van der Waals surface area contributed by atoms with E-state index in [1.807, 2.05) is 0 Å². The zero-order valence-electron chi connectivity index (χ0n) is 19.2. The number of rotatable bonds is 5. The molecule has 4 aliphatic rings. The number of nitrogens with one attached hydrogen (secondary N) is 2. The molecule has 3 heterocycles. The smallest absolute Gasteiger partial charge is 0.255 e. The fraction of sp³-hybridized carbons (Fsp3) is 0.640. The summed E-state index contributed by atoms with van der Waals surface area (Å²) < 4.78 is 35.1. The predicted octanol–water partition coefficient (Wildman–Crippen LogP) is 2.55. The van der Waals surface area contributed by atoms with Crippen LogP contribution in [0.3, 0.4) is 0 Å². The third-order valence-corrected chi connectivity index (χ3v) is 7.70. The van der Waals surface area contributed by atoms with Crippen LogP contribution in [0.25, 0.3) is 0 Å². The second-order valence-electron chi connectivity index (χ2n) is 9.94. The summed E-state index contributed by atoms with van der Waals surface area (Å²) in [4.78, 5) is 38.0. The van der Waals surface area contributed by atoms with E-state index in [9.17, 15) is 18.8 Å². The van der Waals surface area contributed by atoms with Gasteiger partial charge < -0.3 is 15.0 Å². The number of amides is 3. The highest BCUT2D eigenvalue weighted by molar-refractivity contribution is 6.05. The van der Waals surface area contributed by atoms with Crippen LogP contribution in [0.4, 0.5) is 8.78 Å². The van der Waals surface area contributed by atoms with Gasteiger partial charge >= 0.3 is 0 Å². The lowest BCUT2D eigenvalue weighted by molar-refractivity contribution is -0.136. The molecule has 2 N–H and O–H groups in total. The number of carbonyl (C=O) groups is 3. The van der Waals surface area contributed by atoms with E-state index < -0.39 is 23.9 Å². The van der Waals surface area contributed by atoms with E-state index in [0.717, 1.165) is 25.7 Å². The number of fused-ring (bicyclic) bond motifs is 1. The largest absolute Gasteiger partial charge is 0.376 e. The fourth-order valence-electron chi connectivity index (χ4n) is 5.78. The van der Waals surface area contributed by atoms with Gasteiger partial charge in [0.1, 0.15) is 18.0 Å². The molecule has 0 aromatic heterocycles. The molecule has 3 fully saturated rings. The van der Waals surface area contributed by atoms with E-state index >= 15 is 4.39 Å². The molecule has 9 heteroatoms. The van der Waals surface area contributed by atoms with Crippen LogP contribution in [-0.2, 0) is 27.3 Å². The van der Waals surface area contributed by atoms with Gasteiger partial charge in [-0.1, -0.05) is 6.07 Å². The second-order valence-corrected chi connectivity index (χ2v) is 9.94. The number of piperidine rings is 1. The first-order valence-corrected chi connectivity index (χ1v) is 12.4. The van der Waals surface area contributed by atoms with Gasteiger partial charge in [-0.25, -0.2) is 8.78 Å². The normalized spacial score (nSPS) is 32.0. The first-order valence-electron chi connectivity index (χ1n) is 12.4. The quantitative estimate of drug-likeness (QED) is 0.640. The number of hydrogen-bond donors (Lipinski definition) is 2. The molecule has 3 atom stereocenters. The van der Waals surface area contributed by atoms with E-state index in [1.54, 1.807) is 12.1 Å². The first kappa shape index (κ1) is 23.4. The third-order valence-electron chi connectivity index (χ3n) is 7.70. The highest BCUT2D eigenvalue weighted by atomic mass is 19.1. The maximum absolute atomic E-state index is 15.6. The number of benzene rings is 1. The molecular weight excluding hydrogens is 444 g/mol. The lowest BCUT2D eigenvalue weighted by Crippen LogP contribution is -2.52. The summed E-state index contributed by atoms with van der Waals surface area (Å²) in [7, 11) is 0. The van der Waals surface area contributed by atoms with Crippen molar-refractivity contribution in [3.05, 3.63) is 34.6 Å². The molecule has 1 aromatic carbocycles. The van der Waals surface area contributed by atoms with Crippen molar-refractivity contribution in [3.8, 4) is 0 Å². The molecule has 3 aliphatic heterocycles. The zero-order chi connectivity index (χ0) is 23.8. The summed E-state index contributed by atoms with van der Waals surface area (Å²) in [5.74, 6) is -1.67. The van der Waals surface area contributed by atoms with Crippen LogP contribution >= 0.6 is 0 Å². The average molecular weight is 476 g/mol. The van der Waals surface area contributed by atoms with Gasteiger partial charge in [-0.2, -0.15) is 0 Å². The topological polar surface area (TPSA) is 87.7 Å². The molecule has 34 heavy (non-hydrogen) atoms. The Morgan fingerprint density at radius 3 is 2.65 bits per heavy atom. The van der Waals surface area contributed by atoms with Crippen LogP contribution in [0.2, 0.25) is 0 Å². The lowest BCUT2D eigenvalue weighted by Gasteiger charge is -2.37. The van der Waals surface area contributed by atoms with E-state index in [0.29, 0.717) is 37.0 Å². The molecule has 1 saturated carbocycles. The maximum atomic E-state index is 15.6. The van der Waals surface area contributed by atoms with Crippen LogP contribution in [0.15, 0.2) is 12.1 Å². The van der Waals surface area contributed by atoms with E-state index in [2.05, 4.69) is 10.6 Å². The van der Waals surface area contributed by atoms with Crippen LogP contribution in [0, 0.1) is 5.82 Å². The third kappa shape index (κ3) is 4.60. The molecule has 0 bridgehead atoms. The highest BCUT2D eigenvalue weighted by Gasteiger charge is 2.41. The number of halogens is 2. The van der Waals surface area contributed by atoms with E-state index in [-0.39, 0.29) is 55.0 Å². The molecule has 7 nitrogen and oxygen atoms in total. The SMILES string of the molecule is O=C1CC[C@@H](N2Cc3c(ccc(C[C@H]4OCCC[C@@H]4NC4CCC(F)CC4)c3F)C2=O)C(=O)N1. The molecule has 0 unspecified atom stereocenters. The number of imide groups is 1. The van der Waals surface area contributed by atoms with Gasteiger partial charge in [0, 0.05) is 42.7 Å². The Labute approximate surface area is 197 Å². The molecule has 2 saturated heterocycles. The number of carbonyl (C=O) groups excluding carboxylic acids is 3. The summed E-state index contributed by atoms with van der Waals surface area (Å²) >= 11 is 0. The molecule has 1 aliphatic carbocycles. The molecular formula is C25H31F2N3O4. The van der Waals surface area contributed by atoms with Crippen molar-refractivity contribution < 1.29 is 27.9 Å². The van der Waals surface area contributed by atoms with Gasteiger partial charge in [0.05, 0.1) is 12.6 Å². The van der Waals surface area contributed by atoms with Gasteiger partial charge in [-0.3, -0.25) is 19.7 Å². The van der Waals surface area contributed by atoms with E-state index in [4.69, 9.17) is 4.74 Å². The van der Waals surface area contributed by atoms with Crippen LogP contribution < -0.4 is 10.6 Å². The Morgan fingerprint density at radius 1 is 1.09 bits per heavy atom. The van der Waals surface area contributed by atoms with Gasteiger partial charge in [-0.15, -0.1) is 0 Å². The number of nitrogens with zero attached hydrogens (tertiary/aromatic N) is 1. The van der Waals surface area contributed by atoms with Crippen molar-refractivity contribution >= 4 is 17.7 Å². The molecule has 3 amide bonds. The van der Waals surface area contributed by atoms with Crippen molar-refractivity contribution in [2.24, 2.45) is 0 Å². The van der Waals surface area contributed by atoms with Crippen LogP contribution in [0.1, 0.15) is 72.9 Å². The predicted molar refractivity (Wildman–Crippen MR) is 119 cm³/mol. The fourth-order valence-corrected chi connectivity index (χ4v) is 5.78. The Kier molecular flexibility index (Phi) is 6.66. The Balaban J connectivity index is 1.29. The molecule has 0 radical (unpaired) electrons. The van der Waals surface area contributed by atoms with Gasteiger partial charge in [-0.05, 0) is 56.6 Å². The lowest BCUT2D eigenvalue weighted by atomic mass is 9.90. The highest BCUT2D eigenvalue weighted by Crippen LogP contribution is 2.32. The summed E-state index contributed by atoms with van der Waals surface area (Å²) in [6.45, 7) is 0.633. The first-order chi connectivity index (χ1) is 16.4. The number of alkyl halides is 1. The number of hydrogen-bond acceptors (Lipinski definition) is 5. The van der Waals surface area contributed by atoms with Crippen LogP contribution in [-0.4, -0.2) is 59.6 Å². The zero-order valence-corrected chi connectivity index (χ0v) is 19.2. The van der Waals surface area contributed by atoms with Crippen molar-refractivity contribution in [2.45, 2.75) is 94.7 Å². The molecule has 184 valence electrons. The second kappa shape index (κ2) is 9.70. The summed E-state index contributed by atoms with van der Waals surface area (Å²) in [6.07, 6.45) is 4.47. The number of ether oxygens (including phenoxy) is 1. The molecule has 1 aromatic rings. The summed E-state index contributed by atoms with van der Waals surface area (Å²) in [5.41, 5.74) is 1.06. The standard InChI is InChI=1S/C25H31F2N3O4/c26-15-4-6-16(7-5-15)28-19-2-1-11-34-21(19)12-14-3-8-17-18(23(14)27)13-30(25(17)33)20-9-10-22(31)29-24(20)32/h3,8,15-16,19-21,28H,1-2,4-7,9-13H2,(H,29,31,32)/t15?,16?,19-,20+,21+/m0/s1. The van der Waals surface area contributed by atoms with E-state index in [1.165, 1.54) is 4.90 Å². The van der Waals surface area contributed by atoms with Crippen molar-refractivity contribution in [3.63, 3.8) is 0 Å². The van der Waals surface area contributed by atoms with Crippen molar-refractivity contribution in [1.29, 1.82) is 0 Å².